The van der Waals surface area contributed by atoms with Crippen molar-refractivity contribution in [1.82, 2.24) is 0 Å². The molecule has 0 radical (unpaired) electrons. The van der Waals surface area contributed by atoms with Crippen LogP contribution in [0.3, 0.4) is 0 Å². The molecule has 0 unspecified atom stereocenters. The summed E-state index contributed by atoms with van der Waals surface area (Å²) >= 11 is 0. The van der Waals surface area contributed by atoms with E-state index in [-0.39, 0.29) is 17.2 Å². The van der Waals surface area contributed by atoms with Gasteiger partial charge in [0.1, 0.15) is 28.7 Å². The molecule has 0 saturated heterocycles. The molecule has 4 rings (SSSR count). The third-order valence-electron chi connectivity index (χ3n) is 5.62. The van der Waals surface area contributed by atoms with Crippen LogP contribution < -0.4 is 9.64 Å². The highest BCUT2D eigenvalue weighted by Crippen LogP contribution is 2.40. The van der Waals surface area contributed by atoms with Crippen molar-refractivity contribution >= 4 is 17.1 Å². The van der Waals surface area contributed by atoms with Crippen LogP contribution >= 0.6 is 0 Å². The molecule has 0 bridgehead atoms. The van der Waals surface area contributed by atoms with Gasteiger partial charge in [-0.15, -0.1) is 0 Å². The lowest BCUT2D eigenvalue weighted by atomic mass is 10.1. The second-order valence-electron chi connectivity index (χ2n) is 8.29. The molecule has 0 aliphatic carbocycles. The van der Waals surface area contributed by atoms with Gasteiger partial charge in [-0.05, 0) is 111 Å². The Hall–Kier alpha value is -4.12. The molecule has 0 saturated carbocycles. The molecular formula is C28H27NO4. The lowest BCUT2D eigenvalue weighted by Gasteiger charge is -2.27. The van der Waals surface area contributed by atoms with Crippen LogP contribution in [0, 0.1) is 27.7 Å². The number of hydrogen-bond acceptors (Lipinski definition) is 5. The van der Waals surface area contributed by atoms with E-state index in [1.165, 1.54) is 0 Å². The summed E-state index contributed by atoms with van der Waals surface area (Å²) in [6.07, 6.45) is 0. The van der Waals surface area contributed by atoms with Crippen molar-refractivity contribution in [3.05, 3.63) is 95.1 Å². The number of phenols is 3. The summed E-state index contributed by atoms with van der Waals surface area (Å²) in [5, 5.41) is 29.9. The highest BCUT2D eigenvalue weighted by molar-refractivity contribution is 5.78. The lowest BCUT2D eigenvalue weighted by Crippen LogP contribution is -2.10. The van der Waals surface area contributed by atoms with E-state index in [2.05, 4.69) is 0 Å². The molecule has 5 nitrogen and oxygen atoms in total. The van der Waals surface area contributed by atoms with Crippen LogP contribution in [0.1, 0.15) is 22.3 Å². The monoisotopic (exact) mass is 441 g/mol. The first kappa shape index (κ1) is 22.1. The molecule has 0 atom stereocenters. The summed E-state index contributed by atoms with van der Waals surface area (Å²) < 4.78 is 6.23. The molecular weight excluding hydrogens is 414 g/mol. The van der Waals surface area contributed by atoms with Crippen LogP contribution in [0.4, 0.5) is 17.1 Å². The largest absolute Gasteiger partial charge is 0.508 e. The maximum atomic E-state index is 10.0. The third-order valence-corrected chi connectivity index (χ3v) is 5.62. The number of anilines is 3. The highest BCUT2D eigenvalue weighted by atomic mass is 16.5. The number of aromatic hydroxyl groups is 3. The van der Waals surface area contributed by atoms with Gasteiger partial charge in [0, 0.05) is 23.1 Å². The molecule has 0 spiro atoms. The van der Waals surface area contributed by atoms with Gasteiger partial charge in [0.2, 0.25) is 0 Å². The molecule has 0 heterocycles. The van der Waals surface area contributed by atoms with E-state index >= 15 is 0 Å². The van der Waals surface area contributed by atoms with Gasteiger partial charge in [-0.25, -0.2) is 0 Å². The van der Waals surface area contributed by atoms with Crippen LogP contribution in [0.5, 0.6) is 28.7 Å². The molecule has 5 heteroatoms. The molecule has 3 N–H and O–H groups in total. The van der Waals surface area contributed by atoms with Gasteiger partial charge in [-0.3, -0.25) is 0 Å². The second-order valence-corrected chi connectivity index (χ2v) is 8.29. The average Bonchev–Trinajstić information content (AvgIpc) is 2.76. The second kappa shape index (κ2) is 8.79. The number of aryl methyl sites for hydroxylation is 4. The minimum Gasteiger partial charge on any atom is -0.508 e. The molecule has 0 aliphatic heterocycles. The molecule has 4 aromatic carbocycles. The van der Waals surface area contributed by atoms with Crippen LogP contribution in [0.25, 0.3) is 0 Å². The normalized spacial score (nSPS) is 10.8. The molecule has 168 valence electrons. The summed E-state index contributed by atoms with van der Waals surface area (Å²) in [5.41, 5.74) is 5.80. The topological polar surface area (TPSA) is 73.2 Å². The van der Waals surface area contributed by atoms with E-state index in [1.807, 2.05) is 81.1 Å². The summed E-state index contributed by atoms with van der Waals surface area (Å²) in [6.45, 7) is 7.51. The minimum atomic E-state index is 0.211. The molecule has 33 heavy (non-hydrogen) atoms. The average molecular weight is 442 g/mol. The fourth-order valence-electron chi connectivity index (χ4n) is 3.90. The van der Waals surface area contributed by atoms with Gasteiger partial charge in [0.25, 0.3) is 0 Å². The van der Waals surface area contributed by atoms with Crippen molar-refractivity contribution in [3.8, 4) is 28.7 Å². The Morgan fingerprint density at radius 2 is 1.09 bits per heavy atom. The molecule has 0 fully saturated rings. The quantitative estimate of drug-likeness (QED) is 0.303. The molecule has 4 aromatic rings. The summed E-state index contributed by atoms with van der Waals surface area (Å²) in [5.74, 6) is 2.03. The van der Waals surface area contributed by atoms with E-state index in [1.54, 1.807) is 24.3 Å². The summed E-state index contributed by atoms with van der Waals surface area (Å²) in [4.78, 5) is 2.04. The lowest BCUT2D eigenvalue weighted by molar-refractivity contribution is 0.458. The minimum absolute atomic E-state index is 0.211. The van der Waals surface area contributed by atoms with Crippen LogP contribution in [0.15, 0.2) is 72.8 Å². The fourth-order valence-corrected chi connectivity index (χ4v) is 3.90. The predicted octanol–water partition coefficient (Wildman–Crippen LogP) is 7.30. The first-order valence-electron chi connectivity index (χ1n) is 10.7. The van der Waals surface area contributed by atoms with E-state index in [0.717, 1.165) is 39.3 Å². The number of hydrogen-bond donors (Lipinski definition) is 3. The zero-order valence-electron chi connectivity index (χ0n) is 19.1. The van der Waals surface area contributed by atoms with Crippen molar-refractivity contribution in [2.45, 2.75) is 27.7 Å². The molecule has 0 amide bonds. The van der Waals surface area contributed by atoms with Crippen molar-refractivity contribution in [3.63, 3.8) is 0 Å². The van der Waals surface area contributed by atoms with Gasteiger partial charge in [0.05, 0.1) is 0 Å². The van der Waals surface area contributed by atoms with E-state index in [0.29, 0.717) is 11.5 Å². The van der Waals surface area contributed by atoms with E-state index in [9.17, 15) is 15.3 Å². The smallest absolute Gasteiger partial charge is 0.133 e. The predicted molar refractivity (Wildman–Crippen MR) is 132 cm³/mol. The zero-order chi connectivity index (χ0) is 23.7. The maximum Gasteiger partial charge on any atom is 0.133 e. The number of nitrogens with zero attached hydrogens (tertiary/aromatic N) is 1. The van der Waals surface area contributed by atoms with Gasteiger partial charge in [0.15, 0.2) is 0 Å². The van der Waals surface area contributed by atoms with Crippen LogP contribution in [-0.4, -0.2) is 15.3 Å². The Morgan fingerprint density at radius 1 is 0.576 bits per heavy atom. The fraction of sp³-hybridized carbons (Fsp3) is 0.143. The van der Waals surface area contributed by atoms with Crippen molar-refractivity contribution in [1.29, 1.82) is 0 Å². The summed E-state index contributed by atoms with van der Waals surface area (Å²) in [6, 6.07) is 22.0. The SMILES string of the molecule is Cc1cc(N(c2cccc(Oc3c(C)cc(O)cc3C)c2)c2ccc(O)c(C)c2)ccc1O. The van der Waals surface area contributed by atoms with Crippen molar-refractivity contribution in [2.24, 2.45) is 0 Å². The number of ether oxygens (including phenoxy) is 1. The summed E-state index contributed by atoms with van der Waals surface area (Å²) in [7, 11) is 0. The number of benzene rings is 4. The van der Waals surface area contributed by atoms with E-state index in [4.69, 9.17) is 4.74 Å². The van der Waals surface area contributed by atoms with Gasteiger partial charge in [-0.1, -0.05) is 6.07 Å². The van der Waals surface area contributed by atoms with Gasteiger partial charge >= 0.3 is 0 Å². The Bertz CT molecular complexity index is 1260. The van der Waals surface area contributed by atoms with Gasteiger partial charge in [-0.2, -0.15) is 0 Å². The van der Waals surface area contributed by atoms with Crippen molar-refractivity contribution < 1.29 is 20.1 Å². The van der Waals surface area contributed by atoms with Crippen LogP contribution in [-0.2, 0) is 0 Å². The first-order valence-corrected chi connectivity index (χ1v) is 10.7. The molecule has 0 aromatic heterocycles. The Labute approximate surface area is 193 Å². The Kier molecular flexibility index (Phi) is 5.88. The Balaban J connectivity index is 1.81. The molecule has 0 aliphatic rings. The standard InChI is InChI=1S/C28H27NO4/c1-17-12-22(8-10-26(17)31)29(23-9-11-27(32)18(2)13-23)21-6-5-7-25(16-21)33-28-19(3)14-24(30)15-20(28)4/h5-16,30-32H,1-4H3. The van der Waals surface area contributed by atoms with Crippen LogP contribution in [0.2, 0.25) is 0 Å². The number of rotatable bonds is 5. The maximum absolute atomic E-state index is 10.0. The van der Waals surface area contributed by atoms with Crippen molar-refractivity contribution in [2.75, 3.05) is 4.90 Å². The van der Waals surface area contributed by atoms with Gasteiger partial charge < -0.3 is 25.0 Å². The van der Waals surface area contributed by atoms with E-state index < -0.39 is 0 Å². The number of phenolic OH excluding ortho intramolecular Hbond substituents is 3. The highest BCUT2D eigenvalue weighted by Gasteiger charge is 2.16. The third kappa shape index (κ3) is 4.58. The Morgan fingerprint density at radius 3 is 1.61 bits per heavy atom. The zero-order valence-corrected chi connectivity index (χ0v) is 19.1. The first-order chi connectivity index (χ1) is 15.7.